The first-order valence-corrected chi connectivity index (χ1v) is 7.75. The largest absolute Gasteiger partial charge is 0.359 e. The van der Waals surface area contributed by atoms with Crippen LogP contribution in [0.5, 0.6) is 0 Å². The molecule has 0 aliphatic rings. The van der Waals surface area contributed by atoms with Gasteiger partial charge in [-0.2, -0.15) is 0 Å². The van der Waals surface area contributed by atoms with Crippen LogP contribution in [0.15, 0.2) is 28.8 Å². The van der Waals surface area contributed by atoms with E-state index < -0.39 is 0 Å². The lowest BCUT2D eigenvalue weighted by Gasteiger charge is -2.02. The van der Waals surface area contributed by atoms with Gasteiger partial charge in [-0.05, 0) is 45.0 Å². The van der Waals surface area contributed by atoms with Crippen LogP contribution in [0.25, 0.3) is 10.6 Å². The highest BCUT2D eigenvalue weighted by Crippen LogP contribution is 2.29. The van der Waals surface area contributed by atoms with Gasteiger partial charge in [0.1, 0.15) is 27.1 Å². The third-order valence-electron chi connectivity index (χ3n) is 3.37. The summed E-state index contributed by atoms with van der Waals surface area (Å²) < 4.78 is 18.0. The zero-order valence-electron chi connectivity index (χ0n) is 12.8. The van der Waals surface area contributed by atoms with Gasteiger partial charge in [0.25, 0.3) is 5.91 Å². The number of halogens is 1. The van der Waals surface area contributed by atoms with Crippen molar-refractivity contribution in [2.45, 2.75) is 20.8 Å². The van der Waals surface area contributed by atoms with Crippen molar-refractivity contribution in [3.05, 3.63) is 52.1 Å². The molecule has 3 aromatic rings. The molecule has 0 aliphatic carbocycles. The summed E-state index contributed by atoms with van der Waals surface area (Å²) in [6.07, 6.45) is 0. The number of carbonyl (C=O) groups is 1. The highest BCUT2D eigenvalue weighted by atomic mass is 32.1. The van der Waals surface area contributed by atoms with E-state index in [1.54, 1.807) is 32.9 Å². The molecule has 2 heterocycles. The molecule has 1 aromatic carbocycles. The van der Waals surface area contributed by atoms with Crippen molar-refractivity contribution >= 4 is 22.9 Å². The van der Waals surface area contributed by atoms with E-state index in [1.165, 1.54) is 23.5 Å². The van der Waals surface area contributed by atoms with E-state index in [-0.39, 0.29) is 11.7 Å². The van der Waals surface area contributed by atoms with E-state index in [0.29, 0.717) is 32.7 Å². The molecule has 0 spiro atoms. The second-order valence-electron chi connectivity index (χ2n) is 5.09. The molecule has 0 fully saturated rings. The molecule has 0 bridgehead atoms. The second kappa shape index (κ2) is 5.92. The summed E-state index contributed by atoms with van der Waals surface area (Å²) in [5.41, 5.74) is 2.59. The summed E-state index contributed by atoms with van der Waals surface area (Å²) in [7, 11) is 0. The molecule has 5 nitrogen and oxygen atoms in total. The fourth-order valence-corrected chi connectivity index (χ4v) is 3.12. The molecule has 0 saturated carbocycles. The number of amides is 1. The lowest BCUT2D eigenvalue weighted by Crippen LogP contribution is -2.12. The molecule has 7 heteroatoms. The van der Waals surface area contributed by atoms with Crippen molar-refractivity contribution in [3.8, 4) is 10.6 Å². The molecule has 2 aromatic heterocycles. The third kappa shape index (κ3) is 3.00. The van der Waals surface area contributed by atoms with E-state index in [4.69, 9.17) is 4.52 Å². The van der Waals surface area contributed by atoms with Crippen LogP contribution in [0.3, 0.4) is 0 Å². The van der Waals surface area contributed by atoms with Crippen LogP contribution in [-0.2, 0) is 0 Å². The number of rotatable bonds is 3. The van der Waals surface area contributed by atoms with Gasteiger partial charge in [0, 0.05) is 5.56 Å². The van der Waals surface area contributed by atoms with Crippen molar-refractivity contribution in [3.63, 3.8) is 0 Å². The molecule has 3 rings (SSSR count). The Kier molecular flexibility index (Phi) is 3.96. The Morgan fingerprint density at radius 3 is 2.48 bits per heavy atom. The van der Waals surface area contributed by atoms with Gasteiger partial charge in [0.15, 0.2) is 5.76 Å². The van der Waals surface area contributed by atoms with Crippen LogP contribution in [0.4, 0.5) is 10.1 Å². The zero-order chi connectivity index (χ0) is 16.6. The van der Waals surface area contributed by atoms with Gasteiger partial charge in [-0.25, -0.2) is 9.37 Å². The fraction of sp³-hybridized carbons (Fsp3) is 0.188. The monoisotopic (exact) mass is 331 g/mol. The minimum atomic E-state index is -0.307. The minimum Gasteiger partial charge on any atom is -0.359 e. The number of aryl methyl sites for hydroxylation is 3. The molecule has 0 aliphatic heterocycles. The summed E-state index contributed by atoms with van der Waals surface area (Å²) >= 11 is 1.26. The second-order valence-corrected chi connectivity index (χ2v) is 6.09. The van der Waals surface area contributed by atoms with Crippen molar-refractivity contribution < 1.29 is 13.7 Å². The van der Waals surface area contributed by atoms with Crippen LogP contribution in [0, 0.1) is 26.6 Å². The lowest BCUT2D eigenvalue weighted by atomic mass is 10.2. The quantitative estimate of drug-likeness (QED) is 0.784. The summed E-state index contributed by atoms with van der Waals surface area (Å²) in [4.78, 5) is 17.4. The van der Waals surface area contributed by atoms with E-state index in [2.05, 4.69) is 15.5 Å². The summed E-state index contributed by atoms with van der Waals surface area (Å²) in [6.45, 7) is 5.26. The van der Waals surface area contributed by atoms with Crippen molar-refractivity contribution in [1.82, 2.24) is 10.1 Å². The maximum absolute atomic E-state index is 13.0. The average molecular weight is 331 g/mol. The summed E-state index contributed by atoms with van der Waals surface area (Å²) in [6, 6.07) is 6.03. The average Bonchev–Trinajstić information content (AvgIpc) is 3.05. The number of hydrogen-bond acceptors (Lipinski definition) is 5. The number of thiazole rings is 1. The first-order chi connectivity index (χ1) is 11.0. The highest BCUT2D eigenvalue weighted by Gasteiger charge is 2.19. The van der Waals surface area contributed by atoms with Gasteiger partial charge in [0.2, 0.25) is 0 Å². The first-order valence-electron chi connectivity index (χ1n) is 6.93. The minimum absolute atomic E-state index is 0.261. The summed E-state index contributed by atoms with van der Waals surface area (Å²) in [5.74, 6) is -0.0158. The molecule has 0 unspecified atom stereocenters. The Bertz CT molecular complexity index is 849. The van der Waals surface area contributed by atoms with Gasteiger partial charge in [-0.15, -0.1) is 11.3 Å². The van der Waals surface area contributed by atoms with Gasteiger partial charge < -0.3 is 9.84 Å². The highest BCUT2D eigenvalue weighted by molar-refractivity contribution is 7.17. The topological polar surface area (TPSA) is 68.0 Å². The predicted octanol–water partition coefficient (Wildman–Crippen LogP) is 4.11. The van der Waals surface area contributed by atoms with Crippen LogP contribution in [0.1, 0.15) is 26.8 Å². The number of aromatic nitrogens is 2. The normalized spacial score (nSPS) is 10.8. The number of nitrogens with one attached hydrogen (secondary N) is 1. The zero-order valence-corrected chi connectivity index (χ0v) is 13.6. The maximum atomic E-state index is 13.0. The van der Waals surface area contributed by atoms with Crippen LogP contribution in [0.2, 0.25) is 0 Å². The Morgan fingerprint density at radius 1 is 1.17 bits per heavy atom. The standard InChI is InChI=1S/C16H14FN3O2S/c1-8-13(10(3)22-20-8)19-15(21)14-9(2)18-16(23-14)11-4-6-12(17)7-5-11/h4-7H,1-3H3,(H,19,21). The molecule has 118 valence electrons. The molecule has 1 N–H and O–H groups in total. The van der Waals surface area contributed by atoms with E-state index in [1.807, 2.05) is 0 Å². The molecular weight excluding hydrogens is 317 g/mol. The van der Waals surface area contributed by atoms with E-state index >= 15 is 0 Å². The lowest BCUT2D eigenvalue weighted by molar-refractivity contribution is 0.102. The van der Waals surface area contributed by atoms with Crippen molar-refractivity contribution in [1.29, 1.82) is 0 Å². The molecule has 23 heavy (non-hydrogen) atoms. The van der Waals surface area contributed by atoms with Gasteiger partial charge >= 0.3 is 0 Å². The Labute approximate surface area is 136 Å². The van der Waals surface area contributed by atoms with E-state index in [9.17, 15) is 9.18 Å². The Morgan fingerprint density at radius 2 is 1.87 bits per heavy atom. The molecular formula is C16H14FN3O2S. The van der Waals surface area contributed by atoms with Crippen molar-refractivity contribution in [2.24, 2.45) is 0 Å². The van der Waals surface area contributed by atoms with Crippen molar-refractivity contribution in [2.75, 3.05) is 5.32 Å². The number of carbonyl (C=O) groups excluding carboxylic acids is 1. The van der Waals surface area contributed by atoms with E-state index in [0.717, 1.165) is 5.56 Å². The predicted molar refractivity (Wildman–Crippen MR) is 86.2 cm³/mol. The van der Waals surface area contributed by atoms with Crippen LogP contribution < -0.4 is 5.32 Å². The molecule has 0 atom stereocenters. The molecule has 0 radical (unpaired) electrons. The maximum Gasteiger partial charge on any atom is 0.267 e. The van der Waals surface area contributed by atoms with Gasteiger partial charge in [-0.3, -0.25) is 4.79 Å². The van der Waals surface area contributed by atoms with Crippen LogP contribution >= 0.6 is 11.3 Å². The number of nitrogens with zero attached hydrogens (tertiary/aromatic N) is 2. The SMILES string of the molecule is Cc1nc(-c2ccc(F)cc2)sc1C(=O)Nc1c(C)noc1C. The molecule has 0 saturated heterocycles. The smallest absolute Gasteiger partial charge is 0.267 e. The molecule has 1 amide bonds. The fourth-order valence-electron chi connectivity index (χ4n) is 2.15. The van der Waals surface area contributed by atoms with Gasteiger partial charge in [-0.1, -0.05) is 5.16 Å². The number of hydrogen-bond donors (Lipinski definition) is 1. The number of anilines is 1. The number of benzene rings is 1. The van der Waals surface area contributed by atoms with Gasteiger partial charge in [0.05, 0.1) is 5.69 Å². The third-order valence-corrected chi connectivity index (χ3v) is 4.57. The first kappa shape index (κ1) is 15.4. The van der Waals surface area contributed by atoms with Crippen LogP contribution in [-0.4, -0.2) is 16.0 Å². The summed E-state index contributed by atoms with van der Waals surface area (Å²) in [5, 5.41) is 7.29. The Hall–Kier alpha value is -2.54. The Balaban J connectivity index is 1.89.